The van der Waals surface area contributed by atoms with E-state index in [0.29, 0.717) is 0 Å². The van der Waals surface area contributed by atoms with Gasteiger partial charge in [-0.05, 0) is 24.3 Å². The molecule has 1 N–H and O–H groups in total. The Morgan fingerprint density at radius 1 is 0.875 bits per heavy atom. The van der Waals surface area contributed by atoms with Crippen molar-refractivity contribution < 1.29 is 9.57 Å². The zero-order valence-electron chi connectivity index (χ0n) is 9.01. The minimum Gasteiger partial charge on any atom is -0.457 e. The molecule has 3 nitrogen and oxygen atoms in total. The van der Waals surface area contributed by atoms with Crippen molar-refractivity contribution in [3.63, 3.8) is 0 Å². The molecule has 0 aliphatic carbocycles. The number of nitrogens with one attached hydrogen (secondary N) is 1. The molecule has 0 aliphatic rings. The van der Waals surface area contributed by atoms with Gasteiger partial charge in [-0.3, -0.25) is 10.3 Å². The lowest BCUT2D eigenvalue weighted by Crippen LogP contribution is -1.95. The first kappa shape index (κ1) is 10.5. The van der Waals surface area contributed by atoms with Gasteiger partial charge in [-0.15, -0.1) is 0 Å². The van der Waals surface area contributed by atoms with Crippen molar-refractivity contribution in [2.45, 2.75) is 0 Å². The lowest BCUT2D eigenvalue weighted by molar-refractivity contribution is 0.271. The van der Waals surface area contributed by atoms with Crippen LogP contribution in [0.4, 0.5) is 5.69 Å². The molecule has 16 heavy (non-hydrogen) atoms. The molecule has 82 valence electrons. The number of hydrogen-bond donors (Lipinski definition) is 1. The molecule has 0 spiro atoms. The minimum atomic E-state index is 0.772. The van der Waals surface area contributed by atoms with Crippen LogP contribution < -0.4 is 10.2 Å². The monoisotopic (exact) mass is 215 g/mol. The summed E-state index contributed by atoms with van der Waals surface area (Å²) in [6.45, 7) is 0. The van der Waals surface area contributed by atoms with E-state index >= 15 is 0 Å². The number of rotatable bonds is 4. The lowest BCUT2D eigenvalue weighted by atomic mass is 10.3. The Morgan fingerprint density at radius 3 is 2.38 bits per heavy atom. The van der Waals surface area contributed by atoms with Crippen molar-refractivity contribution in [1.82, 2.24) is 0 Å². The second-order valence-electron chi connectivity index (χ2n) is 3.25. The Morgan fingerprint density at radius 2 is 1.62 bits per heavy atom. The van der Waals surface area contributed by atoms with Crippen LogP contribution in [0.2, 0.25) is 0 Å². The SMILES string of the molecule is CONc1cccc(Oc2ccccc2)c1. The third kappa shape index (κ3) is 2.74. The van der Waals surface area contributed by atoms with Gasteiger partial charge in [0.15, 0.2) is 0 Å². The average molecular weight is 215 g/mol. The molecule has 2 aromatic carbocycles. The summed E-state index contributed by atoms with van der Waals surface area (Å²) in [7, 11) is 1.57. The van der Waals surface area contributed by atoms with E-state index < -0.39 is 0 Å². The topological polar surface area (TPSA) is 30.5 Å². The molecule has 0 aromatic heterocycles. The van der Waals surface area contributed by atoms with Gasteiger partial charge in [0, 0.05) is 6.07 Å². The Kier molecular flexibility index (Phi) is 3.41. The highest BCUT2D eigenvalue weighted by molar-refractivity contribution is 5.47. The van der Waals surface area contributed by atoms with Gasteiger partial charge in [-0.1, -0.05) is 24.3 Å². The molecule has 0 saturated carbocycles. The first-order valence-corrected chi connectivity index (χ1v) is 5.00. The maximum absolute atomic E-state index is 5.67. The minimum absolute atomic E-state index is 0.772. The molecule has 0 bridgehead atoms. The molecule has 0 fully saturated rings. The maximum Gasteiger partial charge on any atom is 0.129 e. The van der Waals surface area contributed by atoms with E-state index in [4.69, 9.17) is 9.57 Å². The van der Waals surface area contributed by atoms with Gasteiger partial charge in [0.05, 0.1) is 12.8 Å². The van der Waals surface area contributed by atoms with Crippen molar-refractivity contribution in [3.8, 4) is 11.5 Å². The zero-order chi connectivity index (χ0) is 11.2. The molecular formula is C13H13NO2. The fourth-order valence-corrected chi connectivity index (χ4v) is 1.37. The summed E-state index contributed by atoms with van der Waals surface area (Å²) in [6, 6.07) is 17.2. The van der Waals surface area contributed by atoms with Crippen LogP contribution in [0.15, 0.2) is 54.6 Å². The first-order chi connectivity index (χ1) is 7.88. The summed E-state index contributed by atoms with van der Waals surface area (Å²) >= 11 is 0. The third-order valence-corrected chi connectivity index (χ3v) is 2.03. The normalized spacial score (nSPS) is 9.81. The number of ether oxygens (including phenoxy) is 1. The number of hydrogen-bond acceptors (Lipinski definition) is 3. The molecule has 0 aliphatic heterocycles. The highest BCUT2D eigenvalue weighted by Crippen LogP contribution is 2.23. The Labute approximate surface area is 94.6 Å². The zero-order valence-corrected chi connectivity index (χ0v) is 9.01. The van der Waals surface area contributed by atoms with Gasteiger partial charge in [-0.25, -0.2) is 0 Å². The fraction of sp³-hybridized carbons (Fsp3) is 0.0769. The van der Waals surface area contributed by atoms with E-state index in [2.05, 4.69) is 5.48 Å². The average Bonchev–Trinajstić information content (AvgIpc) is 2.31. The van der Waals surface area contributed by atoms with Gasteiger partial charge in [-0.2, -0.15) is 0 Å². The molecular weight excluding hydrogens is 202 g/mol. The molecule has 0 saturated heterocycles. The predicted octanol–water partition coefficient (Wildman–Crippen LogP) is 3.45. The number of benzene rings is 2. The molecule has 0 radical (unpaired) electrons. The van der Waals surface area contributed by atoms with Crippen LogP contribution in [0.3, 0.4) is 0 Å². The van der Waals surface area contributed by atoms with Crippen LogP contribution in [0, 0.1) is 0 Å². The van der Waals surface area contributed by atoms with Gasteiger partial charge in [0.2, 0.25) is 0 Å². The van der Waals surface area contributed by atoms with Crippen LogP contribution in [-0.2, 0) is 4.84 Å². The quantitative estimate of drug-likeness (QED) is 0.792. The van der Waals surface area contributed by atoms with Crippen molar-refractivity contribution in [2.75, 3.05) is 12.6 Å². The van der Waals surface area contributed by atoms with Crippen LogP contribution in [0.5, 0.6) is 11.5 Å². The highest BCUT2D eigenvalue weighted by atomic mass is 16.6. The summed E-state index contributed by atoms with van der Waals surface area (Å²) in [4.78, 5) is 4.83. The molecule has 0 amide bonds. The smallest absolute Gasteiger partial charge is 0.129 e. The van der Waals surface area contributed by atoms with Crippen molar-refractivity contribution in [2.24, 2.45) is 0 Å². The lowest BCUT2D eigenvalue weighted by Gasteiger charge is -2.07. The van der Waals surface area contributed by atoms with Crippen LogP contribution in [-0.4, -0.2) is 7.11 Å². The Hall–Kier alpha value is -2.00. The van der Waals surface area contributed by atoms with Crippen molar-refractivity contribution in [3.05, 3.63) is 54.6 Å². The van der Waals surface area contributed by atoms with E-state index in [1.54, 1.807) is 7.11 Å². The largest absolute Gasteiger partial charge is 0.457 e. The maximum atomic E-state index is 5.67. The second-order valence-corrected chi connectivity index (χ2v) is 3.25. The van der Waals surface area contributed by atoms with Crippen LogP contribution >= 0.6 is 0 Å². The second kappa shape index (κ2) is 5.19. The van der Waals surface area contributed by atoms with Crippen LogP contribution in [0.1, 0.15) is 0 Å². The standard InChI is InChI=1S/C13H13NO2/c1-15-14-11-6-5-9-13(10-11)16-12-7-3-2-4-8-12/h2-10,14H,1H3. The molecule has 0 atom stereocenters. The van der Waals surface area contributed by atoms with Gasteiger partial charge >= 0.3 is 0 Å². The van der Waals surface area contributed by atoms with E-state index in [1.807, 2.05) is 54.6 Å². The molecule has 3 heteroatoms. The van der Waals surface area contributed by atoms with E-state index in [0.717, 1.165) is 17.2 Å². The molecule has 0 heterocycles. The molecule has 0 unspecified atom stereocenters. The van der Waals surface area contributed by atoms with Gasteiger partial charge in [0.25, 0.3) is 0 Å². The van der Waals surface area contributed by atoms with Gasteiger partial charge in [0.1, 0.15) is 11.5 Å². The van der Waals surface area contributed by atoms with Crippen LogP contribution in [0.25, 0.3) is 0 Å². The Balaban J connectivity index is 2.12. The number of anilines is 1. The summed E-state index contributed by atoms with van der Waals surface area (Å²) in [5, 5.41) is 0. The summed E-state index contributed by atoms with van der Waals surface area (Å²) < 4.78 is 5.67. The van der Waals surface area contributed by atoms with E-state index in [1.165, 1.54) is 0 Å². The summed E-state index contributed by atoms with van der Waals surface area (Å²) in [6.07, 6.45) is 0. The molecule has 2 rings (SSSR count). The summed E-state index contributed by atoms with van der Waals surface area (Å²) in [5.41, 5.74) is 3.61. The van der Waals surface area contributed by atoms with E-state index in [-0.39, 0.29) is 0 Å². The van der Waals surface area contributed by atoms with E-state index in [9.17, 15) is 0 Å². The fourth-order valence-electron chi connectivity index (χ4n) is 1.37. The highest BCUT2D eigenvalue weighted by Gasteiger charge is 1.97. The van der Waals surface area contributed by atoms with Crippen molar-refractivity contribution in [1.29, 1.82) is 0 Å². The Bertz CT molecular complexity index is 443. The predicted molar refractivity (Wildman–Crippen MR) is 63.6 cm³/mol. The molecule has 2 aromatic rings. The van der Waals surface area contributed by atoms with Gasteiger partial charge < -0.3 is 4.74 Å². The third-order valence-electron chi connectivity index (χ3n) is 2.03. The number of para-hydroxylation sites is 1. The first-order valence-electron chi connectivity index (χ1n) is 5.00. The van der Waals surface area contributed by atoms with Crippen molar-refractivity contribution >= 4 is 5.69 Å². The summed E-state index contributed by atoms with van der Waals surface area (Å²) in [5.74, 6) is 1.59.